The molecule has 1 aliphatic heterocycles. The molecule has 1 aliphatic rings. The molecule has 2 heterocycles. The first-order chi connectivity index (χ1) is 16.2. The third-order valence-electron chi connectivity index (χ3n) is 5.66. The number of carbonyl (C=O) groups excluding carboxylic acids is 1. The maximum Gasteiger partial charge on any atom is 0.277 e. The average Bonchev–Trinajstić information content (AvgIpc) is 3.32. The van der Waals surface area contributed by atoms with Crippen LogP contribution in [-0.2, 0) is 4.79 Å². The van der Waals surface area contributed by atoms with Gasteiger partial charge in [0.05, 0.1) is 22.2 Å². The lowest BCUT2D eigenvalue weighted by Gasteiger charge is -2.31. The van der Waals surface area contributed by atoms with Crippen LogP contribution < -0.4 is 10.2 Å². The predicted molar refractivity (Wildman–Crippen MR) is 134 cm³/mol. The van der Waals surface area contributed by atoms with E-state index in [2.05, 4.69) is 26.5 Å². The number of piperidine rings is 1. The lowest BCUT2D eigenvalue weighted by atomic mass is 10.1. The maximum atomic E-state index is 12.7. The Morgan fingerprint density at radius 1 is 1.00 bits per heavy atom. The molecular weight excluding hydrogens is 456 g/mol. The van der Waals surface area contributed by atoms with E-state index in [-0.39, 0.29) is 11.7 Å². The van der Waals surface area contributed by atoms with Gasteiger partial charge in [0, 0.05) is 18.7 Å². The molecule has 1 aromatic heterocycles. The minimum absolute atomic E-state index is 0.147. The van der Waals surface area contributed by atoms with E-state index in [0.29, 0.717) is 16.1 Å². The number of hydrogen-bond donors (Lipinski definition) is 1. The molecule has 6 nitrogen and oxygen atoms in total. The Morgan fingerprint density at radius 2 is 1.82 bits per heavy atom. The van der Waals surface area contributed by atoms with Crippen molar-refractivity contribution in [1.29, 1.82) is 0 Å². The smallest absolute Gasteiger partial charge is 0.277 e. The first-order valence-corrected chi connectivity index (χ1v) is 12.3. The topological polar surface area (TPSA) is 71.3 Å². The molecule has 5 rings (SSSR count). The summed E-state index contributed by atoms with van der Waals surface area (Å²) in [5, 5.41) is 14.5. The molecule has 0 unspecified atom stereocenters. The van der Waals surface area contributed by atoms with Gasteiger partial charge in [0.2, 0.25) is 11.8 Å². The summed E-state index contributed by atoms with van der Waals surface area (Å²) in [5.41, 5.74) is 2.48. The Labute approximate surface area is 201 Å². The van der Waals surface area contributed by atoms with E-state index in [1.165, 1.54) is 18.2 Å². The van der Waals surface area contributed by atoms with Crippen molar-refractivity contribution in [3.05, 3.63) is 65.7 Å². The molecule has 1 saturated heterocycles. The van der Waals surface area contributed by atoms with Crippen molar-refractivity contribution >= 4 is 51.4 Å². The van der Waals surface area contributed by atoms with Gasteiger partial charge in [0.1, 0.15) is 0 Å². The van der Waals surface area contributed by atoms with Crippen LogP contribution in [0.2, 0.25) is 5.02 Å². The Hall–Kier alpha value is -3.03. The second kappa shape index (κ2) is 9.85. The molecule has 0 spiro atoms. The van der Waals surface area contributed by atoms with E-state index in [0.717, 1.165) is 53.6 Å². The van der Waals surface area contributed by atoms with Gasteiger partial charge in [-0.25, -0.2) is 0 Å². The first kappa shape index (κ1) is 21.8. The minimum Gasteiger partial charge on any atom is -0.411 e. The number of para-hydroxylation sites is 1. The van der Waals surface area contributed by atoms with E-state index in [1.807, 2.05) is 54.6 Å². The number of aromatic nitrogens is 2. The van der Waals surface area contributed by atoms with E-state index in [1.54, 1.807) is 0 Å². The largest absolute Gasteiger partial charge is 0.411 e. The fourth-order valence-electron chi connectivity index (χ4n) is 4.08. The highest BCUT2D eigenvalue weighted by Gasteiger charge is 2.19. The number of thioether (sulfide) groups is 1. The van der Waals surface area contributed by atoms with Crippen LogP contribution in [-0.4, -0.2) is 34.9 Å². The summed E-state index contributed by atoms with van der Waals surface area (Å²) in [6, 6.07) is 19.7. The number of halogens is 1. The summed E-state index contributed by atoms with van der Waals surface area (Å²) in [5.74, 6) is 0.447. The Morgan fingerprint density at radius 3 is 2.67 bits per heavy atom. The fraction of sp³-hybridized carbons (Fsp3) is 0.240. The zero-order valence-corrected chi connectivity index (χ0v) is 19.5. The lowest BCUT2D eigenvalue weighted by molar-refractivity contribution is -0.113. The molecule has 8 heteroatoms. The monoisotopic (exact) mass is 478 g/mol. The molecular formula is C25H23ClN4O2S. The van der Waals surface area contributed by atoms with E-state index in [9.17, 15) is 4.79 Å². The molecule has 0 bridgehead atoms. The summed E-state index contributed by atoms with van der Waals surface area (Å²) < 4.78 is 5.79. The molecule has 33 heavy (non-hydrogen) atoms. The van der Waals surface area contributed by atoms with Gasteiger partial charge in [-0.15, -0.1) is 10.2 Å². The highest BCUT2D eigenvalue weighted by atomic mass is 35.5. The van der Waals surface area contributed by atoms with Crippen LogP contribution in [0.1, 0.15) is 19.3 Å². The normalized spacial score (nSPS) is 13.9. The highest BCUT2D eigenvalue weighted by Crippen LogP contribution is 2.36. The fourth-order valence-corrected chi connectivity index (χ4v) is 4.93. The first-order valence-electron chi connectivity index (χ1n) is 11.0. The molecule has 3 aromatic carbocycles. The van der Waals surface area contributed by atoms with E-state index < -0.39 is 0 Å². The Kier molecular flexibility index (Phi) is 6.51. The van der Waals surface area contributed by atoms with Crippen molar-refractivity contribution in [2.24, 2.45) is 0 Å². The summed E-state index contributed by atoms with van der Waals surface area (Å²) >= 11 is 7.70. The molecule has 0 saturated carbocycles. The molecule has 0 radical (unpaired) electrons. The number of amides is 1. The quantitative estimate of drug-likeness (QED) is 0.329. The van der Waals surface area contributed by atoms with Crippen molar-refractivity contribution < 1.29 is 9.21 Å². The summed E-state index contributed by atoms with van der Waals surface area (Å²) in [6.07, 6.45) is 3.49. The number of nitrogens with zero attached hydrogens (tertiary/aromatic N) is 3. The van der Waals surface area contributed by atoms with Crippen LogP contribution in [0.25, 0.3) is 22.2 Å². The van der Waals surface area contributed by atoms with Gasteiger partial charge in [-0.1, -0.05) is 59.8 Å². The van der Waals surface area contributed by atoms with E-state index >= 15 is 0 Å². The standard InChI is InChI=1S/C25H23ClN4O2S/c26-20-9-6-10-21(23(20)30-13-4-1-5-14-30)27-22(31)16-33-25-29-28-24(32-25)19-12-11-17-7-2-3-8-18(17)15-19/h2-3,6-12,15H,1,4-5,13-14,16H2,(H,27,31). The van der Waals surface area contributed by atoms with Gasteiger partial charge in [0.15, 0.2) is 0 Å². The molecule has 1 N–H and O–H groups in total. The van der Waals surface area contributed by atoms with Crippen molar-refractivity contribution in [2.75, 3.05) is 29.1 Å². The molecule has 0 aliphatic carbocycles. The highest BCUT2D eigenvalue weighted by molar-refractivity contribution is 7.99. The third-order valence-corrected chi connectivity index (χ3v) is 6.79. The molecule has 1 fully saturated rings. The number of fused-ring (bicyclic) bond motifs is 1. The lowest BCUT2D eigenvalue weighted by Crippen LogP contribution is -2.30. The van der Waals surface area contributed by atoms with Gasteiger partial charge in [-0.05, 0) is 54.3 Å². The van der Waals surface area contributed by atoms with Gasteiger partial charge < -0.3 is 14.6 Å². The average molecular weight is 479 g/mol. The van der Waals surface area contributed by atoms with Crippen LogP contribution in [0, 0.1) is 0 Å². The number of rotatable bonds is 6. The molecule has 1 amide bonds. The maximum absolute atomic E-state index is 12.7. The zero-order chi connectivity index (χ0) is 22.6. The number of benzene rings is 3. The van der Waals surface area contributed by atoms with Crippen molar-refractivity contribution in [2.45, 2.75) is 24.5 Å². The SMILES string of the molecule is O=C(CSc1nnc(-c2ccc3ccccc3c2)o1)Nc1cccc(Cl)c1N1CCCCC1. The second-order valence-corrected chi connectivity index (χ2v) is 9.29. The molecule has 0 atom stereocenters. The van der Waals surface area contributed by atoms with Crippen LogP contribution in [0.4, 0.5) is 11.4 Å². The number of nitrogens with one attached hydrogen (secondary N) is 1. The van der Waals surface area contributed by atoms with Crippen LogP contribution >= 0.6 is 23.4 Å². The summed E-state index contributed by atoms with van der Waals surface area (Å²) in [6.45, 7) is 1.89. The van der Waals surface area contributed by atoms with Crippen molar-refractivity contribution in [3.8, 4) is 11.5 Å². The number of anilines is 2. The second-order valence-electron chi connectivity index (χ2n) is 7.96. The van der Waals surface area contributed by atoms with Gasteiger partial charge in [-0.2, -0.15) is 0 Å². The number of carbonyl (C=O) groups is 1. The summed E-state index contributed by atoms with van der Waals surface area (Å²) in [7, 11) is 0. The van der Waals surface area contributed by atoms with Crippen molar-refractivity contribution in [3.63, 3.8) is 0 Å². The molecule has 4 aromatic rings. The van der Waals surface area contributed by atoms with Gasteiger partial charge >= 0.3 is 0 Å². The van der Waals surface area contributed by atoms with Crippen LogP contribution in [0.15, 0.2) is 70.3 Å². The minimum atomic E-state index is -0.147. The number of hydrogen-bond acceptors (Lipinski definition) is 6. The van der Waals surface area contributed by atoms with Crippen LogP contribution in [0.3, 0.4) is 0 Å². The summed E-state index contributed by atoms with van der Waals surface area (Å²) in [4.78, 5) is 14.9. The predicted octanol–water partition coefficient (Wildman–Crippen LogP) is 6.26. The van der Waals surface area contributed by atoms with E-state index in [4.69, 9.17) is 16.0 Å². The van der Waals surface area contributed by atoms with Gasteiger partial charge in [0.25, 0.3) is 5.22 Å². The Balaban J connectivity index is 1.24. The van der Waals surface area contributed by atoms with Crippen molar-refractivity contribution in [1.82, 2.24) is 10.2 Å². The van der Waals surface area contributed by atoms with Crippen LogP contribution in [0.5, 0.6) is 0 Å². The third kappa shape index (κ3) is 4.99. The molecule has 168 valence electrons. The Bertz CT molecular complexity index is 1290. The van der Waals surface area contributed by atoms with Gasteiger partial charge in [-0.3, -0.25) is 4.79 Å². The zero-order valence-electron chi connectivity index (χ0n) is 18.0.